The van der Waals surface area contributed by atoms with Gasteiger partial charge in [-0.15, -0.1) is 0 Å². The summed E-state index contributed by atoms with van der Waals surface area (Å²) in [4.78, 5) is 9.59. The van der Waals surface area contributed by atoms with Crippen molar-refractivity contribution < 1.29 is 14.0 Å². The second-order valence-corrected chi connectivity index (χ2v) is 9.11. The molecule has 150 valence electrons. The van der Waals surface area contributed by atoms with E-state index in [0.717, 1.165) is 25.7 Å². The van der Waals surface area contributed by atoms with Gasteiger partial charge in [-0.25, -0.2) is 0 Å². The van der Waals surface area contributed by atoms with Crippen LogP contribution in [0.25, 0.3) is 0 Å². The Labute approximate surface area is 157 Å². The quantitative estimate of drug-likeness (QED) is 0.143. The molecule has 0 rings (SSSR count). The lowest BCUT2D eigenvalue weighted by Crippen LogP contribution is -1.96. The molecule has 25 heavy (non-hydrogen) atoms. The molecule has 0 spiro atoms. The number of unbranched alkanes of at least 4 members (excludes halogenated alkanes) is 12. The van der Waals surface area contributed by atoms with Crippen molar-refractivity contribution in [2.24, 2.45) is 0 Å². The van der Waals surface area contributed by atoms with E-state index in [2.05, 4.69) is 19.1 Å². The van der Waals surface area contributed by atoms with Crippen LogP contribution in [0.2, 0.25) is 0 Å². The summed E-state index contributed by atoms with van der Waals surface area (Å²) in [6, 6.07) is 0. The maximum atomic E-state index is 11.6. The normalized spacial score (nSPS) is 14.2. The summed E-state index contributed by atoms with van der Waals surface area (Å²) in [7, 11) is -3.31. The SMILES string of the molecule is CCCCCCCC/C=C\CCCCCCCCP(=O)(O)OCCC. The second kappa shape index (κ2) is 18.7. The summed E-state index contributed by atoms with van der Waals surface area (Å²) >= 11 is 0. The van der Waals surface area contributed by atoms with Crippen molar-refractivity contribution in [1.82, 2.24) is 0 Å². The number of hydrogen-bond donors (Lipinski definition) is 1. The van der Waals surface area contributed by atoms with Crippen LogP contribution in [0, 0.1) is 0 Å². The fourth-order valence-electron chi connectivity index (χ4n) is 2.86. The lowest BCUT2D eigenvalue weighted by atomic mass is 10.1. The summed E-state index contributed by atoms with van der Waals surface area (Å²) in [6.45, 7) is 4.60. The maximum absolute atomic E-state index is 11.6. The molecule has 0 aliphatic heterocycles. The Kier molecular flexibility index (Phi) is 18.6. The van der Waals surface area contributed by atoms with Crippen molar-refractivity contribution in [2.45, 2.75) is 110 Å². The third-order valence-electron chi connectivity index (χ3n) is 4.45. The van der Waals surface area contributed by atoms with Crippen molar-refractivity contribution in [3.63, 3.8) is 0 Å². The number of allylic oxidation sites excluding steroid dienone is 2. The molecule has 0 aromatic carbocycles. The first-order valence-corrected chi connectivity index (χ1v) is 12.5. The van der Waals surface area contributed by atoms with E-state index in [1.165, 1.54) is 70.6 Å². The van der Waals surface area contributed by atoms with E-state index in [4.69, 9.17) is 4.52 Å². The molecular weight excluding hydrogens is 331 g/mol. The summed E-state index contributed by atoms with van der Waals surface area (Å²) in [5.41, 5.74) is 0. The van der Waals surface area contributed by atoms with Gasteiger partial charge in [0.1, 0.15) is 0 Å². The largest absolute Gasteiger partial charge is 0.328 e. The van der Waals surface area contributed by atoms with E-state index < -0.39 is 7.60 Å². The molecule has 0 radical (unpaired) electrons. The highest BCUT2D eigenvalue weighted by molar-refractivity contribution is 7.52. The lowest BCUT2D eigenvalue weighted by molar-refractivity contribution is 0.259. The Morgan fingerprint density at radius 1 is 0.720 bits per heavy atom. The minimum absolute atomic E-state index is 0.314. The van der Waals surface area contributed by atoms with Gasteiger partial charge in [-0.2, -0.15) is 0 Å². The van der Waals surface area contributed by atoms with Crippen molar-refractivity contribution in [2.75, 3.05) is 12.8 Å². The maximum Gasteiger partial charge on any atom is 0.328 e. The van der Waals surface area contributed by atoms with Crippen LogP contribution in [0.4, 0.5) is 0 Å². The molecule has 0 amide bonds. The van der Waals surface area contributed by atoms with Crippen molar-refractivity contribution in [1.29, 1.82) is 0 Å². The first kappa shape index (κ1) is 24.9. The second-order valence-electron chi connectivity index (χ2n) is 7.13. The summed E-state index contributed by atoms with van der Waals surface area (Å²) < 4.78 is 16.7. The van der Waals surface area contributed by atoms with Crippen LogP contribution in [0.5, 0.6) is 0 Å². The van der Waals surface area contributed by atoms with Gasteiger partial charge in [0.2, 0.25) is 0 Å². The van der Waals surface area contributed by atoms with Gasteiger partial charge in [-0.3, -0.25) is 4.57 Å². The van der Waals surface area contributed by atoms with Gasteiger partial charge in [0, 0.05) is 6.16 Å². The third-order valence-corrected chi connectivity index (χ3v) is 5.92. The zero-order valence-corrected chi connectivity index (χ0v) is 17.8. The topological polar surface area (TPSA) is 46.5 Å². The molecule has 1 unspecified atom stereocenters. The van der Waals surface area contributed by atoms with Gasteiger partial charge in [0.15, 0.2) is 0 Å². The lowest BCUT2D eigenvalue weighted by Gasteiger charge is -2.10. The molecule has 0 aliphatic rings. The molecular formula is C21H43O3P. The highest BCUT2D eigenvalue weighted by Gasteiger charge is 2.17. The van der Waals surface area contributed by atoms with Gasteiger partial charge < -0.3 is 9.42 Å². The predicted molar refractivity (Wildman–Crippen MR) is 110 cm³/mol. The van der Waals surface area contributed by atoms with Crippen molar-refractivity contribution in [3.8, 4) is 0 Å². The fraction of sp³-hybridized carbons (Fsp3) is 0.905. The van der Waals surface area contributed by atoms with E-state index in [1.807, 2.05) is 6.92 Å². The van der Waals surface area contributed by atoms with Crippen LogP contribution in [-0.2, 0) is 9.09 Å². The molecule has 1 atom stereocenters. The molecule has 0 bridgehead atoms. The van der Waals surface area contributed by atoms with Crippen LogP contribution in [0.1, 0.15) is 110 Å². The van der Waals surface area contributed by atoms with Crippen LogP contribution < -0.4 is 0 Å². The Morgan fingerprint density at radius 3 is 1.72 bits per heavy atom. The minimum Gasteiger partial charge on any atom is -0.324 e. The first-order valence-electron chi connectivity index (χ1n) is 10.7. The van der Waals surface area contributed by atoms with Gasteiger partial charge in [0.05, 0.1) is 6.61 Å². The third kappa shape index (κ3) is 20.1. The van der Waals surface area contributed by atoms with E-state index in [-0.39, 0.29) is 0 Å². The molecule has 1 N–H and O–H groups in total. The molecule has 0 saturated carbocycles. The Balaban J connectivity index is 3.25. The van der Waals surface area contributed by atoms with Crippen LogP contribution in [0.3, 0.4) is 0 Å². The average molecular weight is 375 g/mol. The van der Waals surface area contributed by atoms with Gasteiger partial charge >= 0.3 is 7.60 Å². The summed E-state index contributed by atoms with van der Waals surface area (Å²) in [5.74, 6) is 0. The van der Waals surface area contributed by atoms with Crippen molar-refractivity contribution >= 4 is 7.60 Å². The zero-order valence-electron chi connectivity index (χ0n) is 16.9. The molecule has 0 aromatic heterocycles. The van der Waals surface area contributed by atoms with Crippen LogP contribution in [0.15, 0.2) is 12.2 Å². The molecule has 4 heteroatoms. The smallest absolute Gasteiger partial charge is 0.324 e. The molecule has 0 aliphatic carbocycles. The van der Waals surface area contributed by atoms with E-state index in [0.29, 0.717) is 12.8 Å². The van der Waals surface area contributed by atoms with Crippen molar-refractivity contribution in [3.05, 3.63) is 12.2 Å². The minimum atomic E-state index is -3.31. The van der Waals surface area contributed by atoms with Gasteiger partial charge in [-0.05, 0) is 38.5 Å². The van der Waals surface area contributed by atoms with Crippen LogP contribution >= 0.6 is 7.60 Å². The summed E-state index contributed by atoms with van der Waals surface area (Å²) in [5, 5.41) is 0. The van der Waals surface area contributed by atoms with Crippen LogP contribution in [-0.4, -0.2) is 17.7 Å². The molecule has 0 aromatic rings. The average Bonchev–Trinajstić information content (AvgIpc) is 2.59. The monoisotopic (exact) mass is 374 g/mol. The van der Waals surface area contributed by atoms with Gasteiger partial charge in [-0.1, -0.05) is 83.8 Å². The van der Waals surface area contributed by atoms with E-state index >= 15 is 0 Å². The Morgan fingerprint density at radius 2 is 1.20 bits per heavy atom. The highest BCUT2D eigenvalue weighted by atomic mass is 31.2. The molecule has 3 nitrogen and oxygen atoms in total. The number of rotatable bonds is 19. The molecule has 0 saturated heterocycles. The zero-order chi connectivity index (χ0) is 18.6. The fourth-order valence-corrected chi connectivity index (χ4v) is 4.08. The van der Waals surface area contributed by atoms with E-state index in [1.54, 1.807) is 0 Å². The van der Waals surface area contributed by atoms with Gasteiger partial charge in [0.25, 0.3) is 0 Å². The molecule has 0 fully saturated rings. The number of hydrogen-bond acceptors (Lipinski definition) is 2. The Bertz CT molecular complexity index is 342. The highest BCUT2D eigenvalue weighted by Crippen LogP contribution is 2.42. The summed E-state index contributed by atoms with van der Waals surface area (Å²) in [6.07, 6.45) is 23.3. The standard InChI is InChI=1S/C21H43O3P/c1-3-5-6-7-8-9-10-11-12-13-14-15-16-17-18-19-21-25(22,23)24-20-4-2/h11-12H,3-10,13-21H2,1-2H3,(H,22,23)/b12-11-. The predicted octanol–water partition coefficient (Wildman–Crippen LogP) is 7.64. The first-order chi connectivity index (χ1) is 12.1. The Hall–Kier alpha value is -0.110. The van der Waals surface area contributed by atoms with E-state index in [9.17, 15) is 9.46 Å². The molecule has 0 heterocycles.